The Hall–Kier alpha value is -3.79. The Morgan fingerprint density at radius 2 is 1.94 bits per heavy atom. The van der Waals surface area contributed by atoms with Crippen LogP contribution in [0.3, 0.4) is 0 Å². The van der Waals surface area contributed by atoms with Crippen LogP contribution < -0.4 is 10.1 Å². The minimum absolute atomic E-state index is 0.0121. The molecule has 192 valence electrons. The number of unbranched alkanes of at least 4 members (excludes halogenated alkanes) is 1. The zero-order valence-corrected chi connectivity index (χ0v) is 21.4. The number of carbonyl (C=O) groups excluding carboxylic acids is 1. The average molecular weight is 518 g/mol. The Kier molecular flexibility index (Phi) is 8.41. The number of carbonyl (C=O) groups is 2. The number of halogens is 1. The summed E-state index contributed by atoms with van der Waals surface area (Å²) in [5.41, 5.74) is -0.216. The first-order valence-corrected chi connectivity index (χ1v) is 11.6. The van der Waals surface area contributed by atoms with E-state index in [0.29, 0.717) is 28.6 Å². The van der Waals surface area contributed by atoms with Crippen molar-refractivity contribution in [3.05, 3.63) is 47.1 Å². The van der Waals surface area contributed by atoms with Gasteiger partial charge in [0.05, 0.1) is 19.3 Å². The molecule has 3 rings (SSSR count). The summed E-state index contributed by atoms with van der Waals surface area (Å²) < 4.78 is 22.1. The SMILES string of the molecule is CCCCOC(=O)N/C(=C\OC(C)(C)C)c1oc(-c2ccc(OC)c3nc(Cl)ccc23)nc1C(=O)O. The predicted molar refractivity (Wildman–Crippen MR) is 134 cm³/mol. The van der Waals surface area contributed by atoms with Crippen molar-refractivity contribution in [1.29, 1.82) is 0 Å². The lowest BCUT2D eigenvalue weighted by molar-refractivity contribution is 0.0689. The smallest absolute Gasteiger partial charge is 0.411 e. The van der Waals surface area contributed by atoms with E-state index in [-0.39, 0.29) is 29.1 Å². The van der Waals surface area contributed by atoms with Crippen molar-refractivity contribution in [3.63, 3.8) is 0 Å². The van der Waals surface area contributed by atoms with Gasteiger partial charge in [0.25, 0.3) is 0 Å². The third-order valence-corrected chi connectivity index (χ3v) is 5.02. The van der Waals surface area contributed by atoms with Gasteiger partial charge in [-0.25, -0.2) is 19.6 Å². The molecule has 0 saturated heterocycles. The first kappa shape index (κ1) is 26.8. The zero-order chi connectivity index (χ0) is 26.5. The summed E-state index contributed by atoms with van der Waals surface area (Å²) in [5, 5.41) is 13.2. The molecule has 1 amide bonds. The van der Waals surface area contributed by atoms with Crippen molar-refractivity contribution in [1.82, 2.24) is 15.3 Å². The number of rotatable bonds is 9. The van der Waals surface area contributed by atoms with Gasteiger partial charge in [0, 0.05) is 10.9 Å². The summed E-state index contributed by atoms with van der Waals surface area (Å²) in [5.74, 6) is -1.11. The van der Waals surface area contributed by atoms with Crippen molar-refractivity contribution < 1.29 is 33.3 Å². The van der Waals surface area contributed by atoms with Gasteiger partial charge in [0.2, 0.25) is 5.89 Å². The van der Waals surface area contributed by atoms with Crippen LogP contribution in [-0.2, 0) is 9.47 Å². The van der Waals surface area contributed by atoms with E-state index in [9.17, 15) is 14.7 Å². The van der Waals surface area contributed by atoms with Gasteiger partial charge < -0.3 is 23.7 Å². The molecule has 0 aliphatic carbocycles. The molecule has 36 heavy (non-hydrogen) atoms. The maximum Gasteiger partial charge on any atom is 0.411 e. The van der Waals surface area contributed by atoms with Crippen LogP contribution in [0.1, 0.15) is 56.8 Å². The number of pyridine rings is 1. The van der Waals surface area contributed by atoms with Gasteiger partial charge in [0.1, 0.15) is 28.4 Å². The average Bonchev–Trinajstić information content (AvgIpc) is 3.26. The highest BCUT2D eigenvalue weighted by atomic mass is 35.5. The van der Waals surface area contributed by atoms with E-state index in [0.717, 1.165) is 6.42 Å². The molecule has 1 aromatic carbocycles. The molecule has 11 heteroatoms. The Morgan fingerprint density at radius 3 is 2.58 bits per heavy atom. The number of ether oxygens (including phenoxy) is 3. The number of carboxylic acid groups (broad SMARTS) is 1. The number of fused-ring (bicyclic) bond motifs is 1. The van der Waals surface area contributed by atoms with Crippen molar-refractivity contribution in [2.75, 3.05) is 13.7 Å². The lowest BCUT2D eigenvalue weighted by Crippen LogP contribution is -2.25. The van der Waals surface area contributed by atoms with Gasteiger partial charge in [-0.3, -0.25) is 5.32 Å². The van der Waals surface area contributed by atoms with Gasteiger partial charge in [-0.05, 0) is 51.5 Å². The second kappa shape index (κ2) is 11.3. The molecule has 0 bridgehead atoms. The van der Waals surface area contributed by atoms with Gasteiger partial charge >= 0.3 is 12.1 Å². The molecule has 2 aromatic heterocycles. The number of alkyl carbamates (subject to hydrolysis) is 1. The minimum Gasteiger partial charge on any atom is -0.494 e. The molecule has 0 unspecified atom stereocenters. The Labute approximate surface area is 213 Å². The van der Waals surface area contributed by atoms with E-state index >= 15 is 0 Å². The first-order valence-electron chi connectivity index (χ1n) is 11.2. The summed E-state index contributed by atoms with van der Waals surface area (Å²) in [6.45, 7) is 7.56. The number of nitrogens with zero attached hydrogens (tertiary/aromatic N) is 2. The largest absolute Gasteiger partial charge is 0.494 e. The molecule has 0 aliphatic rings. The summed E-state index contributed by atoms with van der Waals surface area (Å²) in [6, 6.07) is 6.61. The molecule has 10 nitrogen and oxygen atoms in total. The topological polar surface area (TPSA) is 133 Å². The molecule has 0 spiro atoms. The fourth-order valence-corrected chi connectivity index (χ4v) is 3.26. The number of amides is 1. The van der Waals surface area contributed by atoms with Gasteiger partial charge in [-0.15, -0.1) is 0 Å². The number of hydrogen-bond acceptors (Lipinski definition) is 8. The lowest BCUT2D eigenvalue weighted by Gasteiger charge is -2.19. The molecule has 3 aromatic rings. The van der Waals surface area contributed by atoms with E-state index < -0.39 is 23.4 Å². The highest BCUT2D eigenvalue weighted by Gasteiger charge is 2.27. The molecular formula is C25H28ClN3O7. The molecular weight excluding hydrogens is 490 g/mol. The Bertz CT molecular complexity index is 1290. The van der Waals surface area contributed by atoms with Gasteiger partial charge in [-0.2, -0.15) is 0 Å². The minimum atomic E-state index is -1.36. The van der Waals surface area contributed by atoms with Crippen LogP contribution in [0.15, 0.2) is 34.9 Å². The summed E-state index contributed by atoms with van der Waals surface area (Å²) in [4.78, 5) is 33.0. The molecule has 2 heterocycles. The molecule has 0 aliphatic heterocycles. The highest BCUT2D eigenvalue weighted by molar-refractivity contribution is 6.30. The quantitative estimate of drug-likeness (QED) is 0.202. The lowest BCUT2D eigenvalue weighted by atomic mass is 10.1. The number of aromatic carboxylic acids is 1. The second-order valence-electron chi connectivity index (χ2n) is 8.72. The molecule has 2 N–H and O–H groups in total. The van der Waals surface area contributed by atoms with Crippen molar-refractivity contribution in [2.24, 2.45) is 0 Å². The van der Waals surface area contributed by atoms with E-state index in [2.05, 4.69) is 15.3 Å². The number of carboxylic acids is 1. The van der Waals surface area contributed by atoms with Gasteiger partial charge in [0.15, 0.2) is 11.5 Å². The van der Waals surface area contributed by atoms with E-state index in [1.807, 2.05) is 6.92 Å². The summed E-state index contributed by atoms with van der Waals surface area (Å²) in [6.07, 6.45) is 1.95. The molecule has 0 saturated carbocycles. The van der Waals surface area contributed by atoms with Crippen LogP contribution in [0.5, 0.6) is 5.75 Å². The monoisotopic (exact) mass is 517 g/mol. The van der Waals surface area contributed by atoms with E-state index in [4.69, 9.17) is 30.2 Å². The van der Waals surface area contributed by atoms with Crippen LogP contribution in [0.25, 0.3) is 28.1 Å². The fraction of sp³-hybridized carbons (Fsp3) is 0.360. The second-order valence-corrected chi connectivity index (χ2v) is 9.11. The first-order chi connectivity index (χ1) is 17.0. The Balaban J connectivity index is 2.12. The summed E-state index contributed by atoms with van der Waals surface area (Å²) >= 11 is 6.07. The number of nitrogens with one attached hydrogen (secondary N) is 1. The molecule has 0 atom stereocenters. The van der Waals surface area contributed by atoms with Crippen LogP contribution in [0, 0.1) is 0 Å². The number of oxazole rings is 1. The molecule has 0 fully saturated rings. The number of methoxy groups -OCH3 is 1. The van der Waals surface area contributed by atoms with Crippen molar-refractivity contribution in [3.8, 4) is 17.2 Å². The fourth-order valence-electron chi connectivity index (χ4n) is 3.11. The van der Waals surface area contributed by atoms with Crippen LogP contribution >= 0.6 is 11.6 Å². The van der Waals surface area contributed by atoms with Crippen LogP contribution in [0.2, 0.25) is 5.15 Å². The highest BCUT2D eigenvalue weighted by Crippen LogP contribution is 2.35. The third kappa shape index (κ3) is 6.45. The number of aromatic nitrogens is 2. The normalized spacial score (nSPS) is 11.9. The van der Waals surface area contributed by atoms with Crippen molar-refractivity contribution >= 4 is 40.3 Å². The number of hydrogen-bond donors (Lipinski definition) is 2. The van der Waals surface area contributed by atoms with Crippen molar-refractivity contribution in [2.45, 2.75) is 46.1 Å². The van der Waals surface area contributed by atoms with E-state index in [1.165, 1.54) is 13.4 Å². The van der Waals surface area contributed by atoms with E-state index in [1.54, 1.807) is 45.0 Å². The summed E-state index contributed by atoms with van der Waals surface area (Å²) in [7, 11) is 1.50. The molecule has 0 radical (unpaired) electrons. The zero-order valence-electron chi connectivity index (χ0n) is 20.7. The standard InChI is InChI=1S/C25H28ClN3O7/c1-6-7-12-34-24(32)27-16(13-35-25(2,3)4)21-20(23(30)31)29-22(36-21)15-8-10-17(33-5)19-14(15)9-11-18(26)28-19/h8-11,13H,6-7,12H2,1-5H3,(H,27,32)(H,30,31)/b16-13-. The number of benzene rings is 1. The maximum atomic E-state index is 12.4. The Morgan fingerprint density at radius 1 is 1.19 bits per heavy atom. The maximum absolute atomic E-state index is 12.4. The predicted octanol–water partition coefficient (Wildman–Crippen LogP) is 5.89. The van der Waals surface area contributed by atoms with Crippen LogP contribution in [-0.4, -0.2) is 46.5 Å². The third-order valence-electron chi connectivity index (χ3n) is 4.81. The van der Waals surface area contributed by atoms with Crippen LogP contribution in [0.4, 0.5) is 4.79 Å². The van der Waals surface area contributed by atoms with Gasteiger partial charge in [-0.1, -0.05) is 24.9 Å².